The van der Waals surface area contributed by atoms with Crippen LogP contribution in [-0.4, -0.2) is 34.2 Å². The Morgan fingerprint density at radius 3 is 2.52 bits per heavy atom. The standard InChI is InChI=1S/C22H31ClN2O4/c1-14(2)17-12-25(10-9-19(26)27)20(28)24-22(17,6)16-8-7-15(18(23)11-16)13-29-21(3,4)5/h7-8,11-12,14H,9-10,13H2,1-6H3,(H,24,28)(H,26,27)/t22-/m0/s1. The molecule has 1 aliphatic heterocycles. The number of hydrogen-bond donors (Lipinski definition) is 2. The van der Waals surface area contributed by atoms with E-state index < -0.39 is 11.5 Å². The van der Waals surface area contributed by atoms with E-state index in [0.29, 0.717) is 11.6 Å². The van der Waals surface area contributed by atoms with Crippen LogP contribution in [0.1, 0.15) is 59.1 Å². The summed E-state index contributed by atoms with van der Waals surface area (Å²) in [6, 6.07) is 5.42. The van der Waals surface area contributed by atoms with E-state index in [0.717, 1.165) is 16.7 Å². The minimum absolute atomic E-state index is 0.111. The monoisotopic (exact) mass is 422 g/mol. The average Bonchev–Trinajstić information content (AvgIpc) is 2.58. The quantitative estimate of drug-likeness (QED) is 0.654. The van der Waals surface area contributed by atoms with Crippen LogP contribution >= 0.6 is 11.6 Å². The van der Waals surface area contributed by atoms with Crippen LogP contribution in [0.3, 0.4) is 0 Å². The van der Waals surface area contributed by atoms with E-state index in [4.69, 9.17) is 21.4 Å². The molecule has 7 heteroatoms. The summed E-state index contributed by atoms with van der Waals surface area (Å²) < 4.78 is 5.82. The van der Waals surface area contributed by atoms with Crippen molar-refractivity contribution in [1.29, 1.82) is 0 Å². The molecule has 2 amide bonds. The van der Waals surface area contributed by atoms with Gasteiger partial charge in [0.05, 0.1) is 24.2 Å². The maximum atomic E-state index is 12.7. The minimum atomic E-state index is -0.939. The molecule has 2 rings (SSSR count). The molecular weight excluding hydrogens is 392 g/mol. The Labute approximate surface area is 177 Å². The Balaban J connectivity index is 2.36. The van der Waals surface area contributed by atoms with Crippen molar-refractivity contribution in [2.24, 2.45) is 5.92 Å². The van der Waals surface area contributed by atoms with Crippen LogP contribution in [0.2, 0.25) is 5.02 Å². The van der Waals surface area contributed by atoms with Crippen LogP contribution in [0.15, 0.2) is 30.0 Å². The number of carboxylic acids is 1. The molecule has 0 spiro atoms. The molecule has 2 N–H and O–H groups in total. The van der Waals surface area contributed by atoms with Gasteiger partial charge in [0.1, 0.15) is 0 Å². The number of aliphatic carboxylic acids is 1. The van der Waals surface area contributed by atoms with Gasteiger partial charge in [0.2, 0.25) is 0 Å². The Morgan fingerprint density at radius 1 is 1.34 bits per heavy atom. The van der Waals surface area contributed by atoms with Gasteiger partial charge < -0.3 is 20.1 Å². The highest BCUT2D eigenvalue weighted by atomic mass is 35.5. The van der Waals surface area contributed by atoms with Gasteiger partial charge in [-0.2, -0.15) is 0 Å². The van der Waals surface area contributed by atoms with Gasteiger partial charge in [-0.3, -0.25) is 4.79 Å². The maximum Gasteiger partial charge on any atom is 0.322 e. The number of carbonyl (C=O) groups excluding carboxylic acids is 1. The predicted octanol–water partition coefficient (Wildman–Crippen LogP) is 4.91. The van der Waals surface area contributed by atoms with Crippen molar-refractivity contribution in [3.63, 3.8) is 0 Å². The fourth-order valence-corrected chi connectivity index (χ4v) is 3.57. The SMILES string of the molecule is CC(C)C1=CN(CCC(=O)O)C(=O)N[C@@]1(C)c1ccc(COC(C)(C)C)c(Cl)c1. The highest BCUT2D eigenvalue weighted by Gasteiger charge is 2.39. The summed E-state index contributed by atoms with van der Waals surface area (Å²) in [5, 5.41) is 12.6. The first-order valence-corrected chi connectivity index (χ1v) is 10.2. The van der Waals surface area contributed by atoms with E-state index in [-0.39, 0.29) is 30.5 Å². The summed E-state index contributed by atoms with van der Waals surface area (Å²) in [7, 11) is 0. The van der Waals surface area contributed by atoms with Gasteiger partial charge in [0, 0.05) is 17.8 Å². The van der Waals surface area contributed by atoms with Crippen LogP contribution < -0.4 is 5.32 Å². The molecular formula is C22H31ClN2O4. The number of nitrogens with one attached hydrogen (secondary N) is 1. The lowest BCUT2D eigenvalue weighted by Crippen LogP contribution is -2.55. The second kappa shape index (κ2) is 8.76. The third kappa shape index (κ3) is 5.73. The van der Waals surface area contributed by atoms with Crippen molar-refractivity contribution in [2.45, 2.75) is 65.7 Å². The molecule has 1 aliphatic rings. The van der Waals surface area contributed by atoms with E-state index in [1.165, 1.54) is 4.90 Å². The smallest absolute Gasteiger partial charge is 0.322 e. The number of hydrogen-bond acceptors (Lipinski definition) is 3. The number of urea groups is 1. The highest BCUT2D eigenvalue weighted by Crippen LogP contribution is 2.38. The Hall–Kier alpha value is -2.05. The first-order valence-electron chi connectivity index (χ1n) is 9.79. The molecule has 0 bridgehead atoms. The van der Waals surface area contributed by atoms with Crippen LogP contribution in [0, 0.1) is 5.92 Å². The van der Waals surface area contributed by atoms with Crippen molar-refractivity contribution >= 4 is 23.6 Å². The van der Waals surface area contributed by atoms with Gasteiger partial charge in [0.25, 0.3) is 0 Å². The summed E-state index contributed by atoms with van der Waals surface area (Å²) in [6.45, 7) is 12.5. The molecule has 0 fully saturated rings. The molecule has 0 aliphatic carbocycles. The topological polar surface area (TPSA) is 78.9 Å². The maximum absolute atomic E-state index is 12.7. The van der Waals surface area contributed by atoms with Crippen molar-refractivity contribution in [1.82, 2.24) is 10.2 Å². The number of halogens is 1. The summed E-state index contributed by atoms with van der Waals surface area (Å²) in [6.07, 6.45) is 1.66. The fraction of sp³-hybridized carbons (Fsp3) is 0.545. The number of rotatable bonds is 7. The molecule has 0 saturated heterocycles. The molecule has 0 radical (unpaired) electrons. The van der Waals surface area contributed by atoms with Gasteiger partial charge in [0.15, 0.2) is 0 Å². The number of carbonyl (C=O) groups is 2. The van der Waals surface area contributed by atoms with Crippen LogP contribution in [-0.2, 0) is 21.7 Å². The van der Waals surface area contributed by atoms with Gasteiger partial charge in [-0.25, -0.2) is 4.79 Å². The molecule has 160 valence electrons. The number of carboxylic acid groups (broad SMARTS) is 1. The minimum Gasteiger partial charge on any atom is -0.481 e. The van der Waals surface area contributed by atoms with Gasteiger partial charge in [-0.05, 0) is 56.4 Å². The molecule has 1 aromatic rings. The third-order valence-corrected chi connectivity index (χ3v) is 5.32. The summed E-state index contributed by atoms with van der Waals surface area (Å²) in [5.41, 5.74) is 1.73. The van der Waals surface area contributed by atoms with E-state index in [1.54, 1.807) is 6.20 Å². The molecule has 0 aromatic heterocycles. The molecule has 0 unspecified atom stereocenters. The first-order chi connectivity index (χ1) is 13.3. The zero-order valence-corrected chi connectivity index (χ0v) is 18.8. The van der Waals surface area contributed by atoms with Crippen molar-refractivity contribution in [2.75, 3.05) is 6.54 Å². The van der Waals surface area contributed by atoms with Crippen LogP contribution in [0.5, 0.6) is 0 Å². The van der Waals surface area contributed by atoms with Crippen molar-refractivity contribution < 1.29 is 19.4 Å². The molecule has 1 aromatic carbocycles. The molecule has 1 heterocycles. The lowest BCUT2D eigenvalue weighted by molar-refractivity contribution is -0.137. The number of amides is 2. The van der Waals surface area contributed by atoms with Gasteiger partial charge >= 0.3 is 12.0 Å². The largest absolute Gasteiger partial charge is 0.481 e. The Morgan fingerprint density at radius 2 is 2.00 bits per heavy atom. The van der Waals surface area contributed by atoms with Crippen LogP contribution in [0.25, 0.3) is 0 Å². The predicted molar refractivity (Wildman–Crippen MR) is 114 cm³/mol. The summed E-state index contributed by atoms with van der Waals surface area (Å²) in [5.74, 6) is -0.805. The third-order valence-electron chi connectivity index (χ3n) is 4.97. The van der Waals surface area contributed by atoms with E-state index in [2.05, 4.69) is 5.32 Å². The van der Waals surface area contributed by atoms with Gasteiger partial charge in [-0.1, -0.05) is 37.6 Å². The molecule has 0 saturated carbocycles. The fourth-order valence-electron chi connectivity index (χ4n) is 3.33. The first kappa shape index (κ1) is 23.2. The number of ether oxygens (including phenoxy) is 1. The number of benzene rings is 1. The lowest BCUT2D eigenvalue weighted by atomic mass is 9.78. The van der Waals surface area contributed by atoms with Crippen molar-refractivity contribution in [3.05, 3.63) is 46.1 Å². The normalized spacial score (nSPS) is 19.9. The van der Waals surface area contributed by atoms with Crippen LogP contribution in [0.4, 0.5) is 4.79 Å². The highest BCUT2D eigenvalue weighted by molar-refractivity contribution is 6.31. The Kier molecular flexibility index (Phi) is 7.01. The van der Waals surface area contributed by atoms with E-state index in [1.807, 2.05) is 59.7 Å². The second-order valence-corrected chi connectivity index (χ2v) is 9.25. The van der Waals surface area contributed by atoms with E-state index in [9.17, 15) is 9.59 Å². The summed E-state index contributed by atoms with van der Waals surface area (Å²) >= 11 is 6.53. The second-order valence-electron chi connectivity index (χ2n) is 8.84. The number of nitrogens with zero attached hydrogens (tertiary/aromatic N) is 1. The van der Waals surface area contributed by atoms with Crippen molar-refractivity contribution in [3.8, 4) is 0 Å². The molecule has 6 nitrogen and oxygen atoms in total. The lowest BCUT2D eigenvalue weighted by Gasteiger charge is -2.42. The van der Waals surface area contributed by atoms with E-state index >= 15 is 0 Å². The Bertz CT molecular complexity index is 814. The zero-order chi connectivity index (χ0) is 22.0. The molecule has 1 atom stereocenters. The van der Waals surface area contributed by atoms with Gasteiger partial charge in [-0.15, -0.1) is 0 Å². The summed E-state index contributed by atoms with van der Waals surface area (Å²) in [4.78, 5) is 25.0. The average molecular weight is 423 g/mol. The molecule has 29 heavy (non-hydrogen) atoms. The zero-order valence-electron chi connectivity index (χ0n) is 18.0.